The first-order chi connectivity index (χ1) is 10.3. The van der Waals surface area contributed by atoms with Gasteiger partial charge in [0.05, 0.1) is 18.9 Å². The van der Waals surface area contributed by atoms with Crippen LogP contribution in [0.2, 0.25) is 0 Å². The normalized spacial score (nSPS) is 17.9. The summed E-state index contributed by atoms with van der Waals surface area (Å²) < 4.78 is 5.40. The Hall–Kier alpha value is -1.98. The van der Waals surface area contributed by atoms with E-state index in [1.807, 2.05) is 30.3 Å². The van der Waals surface area contributed by atoms with Gasteiger partial charge >= 0.3 is 0 Å². The third-order valence-corrected chi connectivity index (χ3v) is 3.68. The smallest absolute Gasteiger partial charge is 0.129 e. The lowest BCUT2D eigenvalue weighted by atomic mass is 10.0. The third kappa shape index (κ3) is 3.56. The second-order valence-electron chi connectivity index (χ2n) is 5.22. The van der Waals surface area contributed by atoms with E-state index >= 15 is 0 Å². The molecule has 0 spiro atoms. The maximum Gasteiger partial charge on any atom is 0.129 e. The van der Waals surface area contributed by atoms with E-state index in [-0.39, 0.29) is 6.61 Å². The summed E-state index contributed by atoms with van der Waals surface area (Å²) in [6, 6.07) is 9.87. The van der Waals surface area contributed by atoms with E-state index in [2.05, 4.69) is 15.3 Å². The van der Waals surface area contributed by atoms with Crippen LogP contribution in [0.15, 0.2) is 36.7 Å². The van der Waals surface area contributed by atoms with Crippen LogP contribution in [0.1, 0.15) is 29.2 Å². The predicted molar refractivity (Wildman–Crippen MR) is 79.9 cm³/mol. The van der Waals surface area contributed by atoms with Crippen LogP contribution in [-0.4, -0.2) is 28.3 Å². The van der Waals surface area contributed by atoms with Gasteiger partial charge in [0.1, 0.15) is 12.1 Å². The summed E-state index contributed by atoms with van der Waals surface area (Å²) in [6.07, 6.45) is 2.62. The fourth-order valence-electron chi connectivity index (χ4n) is 2.49. The van der Waals surface area contributed by atoms with Gasteiger partial charge in [0.25, 0.3) is 0 Å². The Kier molecular flexibility index (Phi) is 4.43. The number of aliphatic hydroxyl groups is 1. The van der Waals surface area contributed by atoms with Crippen molar-refractivity contribution in [3.05, 3.63) is 53.5 Å². The predicted octanol–water partition coefficient (Wildman–Crippen LogP) is 2.08. The third-order valence-electron chi connectivity index (χ3n) is 3.68. The van der Waals surface area contributed by atoms with E-state index in [0.29, 0.717) is 12.5 Å². The van der Waals surface area contributed by atoms with Gasteiger partial charge in [-0.3, -0.25) is 0 Å². The molecule has 1 unspecified atom stereocenters. The Labute approximate surface area is 124 Å². The molecule has 5 nitrogen and oxygen atoms in total. The Morgan fingerprint density at radius 2 is 2.14 bits per heavy atom. The minimum Gasteiger partial charge on any atom is -0.392 e. The maximum absolute atomic E-state index is 9.15. The lowest BCUT2D eigenvalue weighted by molar-refractivity contribution is 0.193. The number of anilines is 1. The average Bonchev–Trinajstić information content (AvgIpc) is 3.08. The molecule has 1 atom stereocenters. The maximum atomic E-state index is 9.15. The number of ether oxygens (including phenoxy) is 1. The number of nitrogens with one attached hydrogen (secondary N) is 1. The Balaban J connectivity index is 1.65. The molecule has 21 heavy (non-hydrogen) atoms. The number of benzene rings is 1. The van der Waals surface area contributed by atoms with Crippen LogP contribution >= 0.6 is 0 Å². The second-order valence-corrected chi connectivity index (χ2v) is 5.22. The lowest BCUT2D eigenvalue weighted by Crippen LogP contribution is -2.06. The van der Waals surface area contributed by atoms with Crippen LogP contribution in [0.25, 0.3) is 0 Å². The molecule has 1 aliphatic heterocycles. The van der Waals surface area contributed by atoms with Crippen molar-refractivity contribution in [3.63, 3.8) is 0 Å². The van der Waals surface area contributed by atoms with Crippen molar-refractivity contribution in [2.45, 2.75) is 25.5 Å². The van der Waals surface area contributed by atoms with E-state index in [9.17, 15) is 0 Å². The van der Waals surface area contributed by atoms with Crippen molar-refractivity contribution in [1.29, 1.82) is 0 Å². The van der Waals surface area contributed by atoms with Gasteiger partial charge in [-0.1, -0.05) is 24.3 Å². The zero-order chi connectivity index (χ0) is 14.5. The van der Waals surface area contributed by atoms with Gasteiger partial charge < -0.3 is 15.2 Å². The molecule has 2 aromatic rings. The van der Waals surface area contributed by atoms with E-state index < -0.39 is 0 Å². The zero-order valence-electron chi connectivity index (χ0n) is 11.8. The molecule has 3 rings (SSSR count). The van der Waals surface area contributed by atoms with Crippen molar-refractivity contribution < 1.29 is 9.84 Å². The number of hydrogen-bond acceptors (Lipinski definition) is 5. The number of hydrogen-bond donors (Lipinski definition) is 2. The molecule has 0 radical (unpaired) electrons. The Bertz CT molecular complexity index is 598. The van der Waals surface area contributed by atoms with E-state index in [1.165, 1.54) is 0 Å². The van der Waals surface area contributed by atoms with E-state index in [4.69, 9.17) is 9.84 Å². The topological polar surface area (TPSA) is 67.3 Å². The summed E-state index contributed by atoms with van der Waals surface area (Å²) in [5.74, 6) is 1.20. The summed E-state index contributed by atoms with van der Waals surface area (Å²) in [7, 11) is 0. The number of aromatic nitrogens is 2. The summed E-state index contributed by atoms with van der Waals surface area (Å²) >= 11 is 0. The molecule has 2 N–H and O–H groups in total. The summed E-state index contributed by atoms with van der Waals surface area (Å²) in [6.45, 7) is 2.29. The van der Waals surface area contributed by atoms with Gasteiger partial charge in [0, 0.05) is 25.1 Å². The molecular formula is C16H19N3O2. The van der Waals surface area contributed by atoms with Crippen LogP contribution in [0.3, 0.4) is 0 Å². The van der Waals surface area contributed by atoms with E-state index in [0.717, 1.165) is 42.3 Å². The Morgan fingerprint density at radius 3 is 2.95 bits per heavy atom. The molecule has 1 aromatic carbocycles. The van der Waals surface area contributed by atoms with E-state index in [1.54, 1.807) is 6.33 Å². The molecule has 1 aromatic heterocycles. The molecule has 0 amide bonds. The number of rotatable bonds is 5. The average molecular weight is 285 g/mol. The Morgan fingerprint density at radius 1 is 1.24 bits per heavy atom. The van der Waals surface area contributed by atoms with Crippen molar-refractivity contribution in [1.82, 2.24) is 9.97 Å². The number of aliphatic hydroxyl groups excluding tert-OH is 1. The fourth-order valence-corrected chi connectivity index (χ4v) is 2.49. The first-order valence-electron chi connectivity index (χ1n) is 7.17. The first kappa shape index (κ1) is 14.0. The highest BCUT2D eigenvalue weighted by atomic mass is 16.5. The van der Waals surface area contributed by atoms with Gasteiger partial charge in [-0.25, -0.2) is 9.97 Å². The highest BCUT2D eigenvalue weighted by molar-refractivity contribution is 5.37. The zero-order valence-corrected chi connectivity index (χ0v) is 11.8. The molecule has 1 fully saturated rings. The molecule has 110 valence electrons. The highest BCUT2D eigenvalue weighted by Gasteiger charge is 2.19. The van der Waals surface area contributed by atoms with Crippen molar-refractivity contribution in [2.75, 3.05) is 18.5 Å². The molecule has 2 heterocycles. The fraction of sp³-hybridized carbons (Fsp3) is 0.375. The summed E-state index contributed by atoms with van der Waals surface area (Å²) in [4.78, 5) is 8.60. The SMILES string of the molecule is OCc1cccc(CNc2cc(C3CCOC3)ncn2)c1. The molecular weight excluding hydrogens is 266 g/mol. The van der Waals surface area contributed by atoms with Crippen LogP contribution in [0, 0.1) is 0 Å². The molecule has 0 saturated carbocycles. The minimum atomic E-state index is 0.0627. The second kappa shape index (κ2) is 6.65. The molecule has 5 heteroatoms. The molecule has 0 aliphatic carbocycles. The minimum absolute atomic E-state index is 0.0627. The standard InChI is InChI=1S/C16H19N3O2/c20-9-13-3-1-2-12(6-13)8-17-16-7-15(18-11-19-16)14-4-5-21-10-14/h1-3,6-7,11,14,20H,4-5,8-10H2,(H,17,18,19). The van der Waals surface area contributed by atoms with Gasteiger partial charge in [0.15, 0.2) is 0 Å². The lowest BCUT2D eigenvalue weighted by Gasteiger charge is -2.10. The van der Waals surface area contributed by atoms with Crippen LogP contribution < -0.4 is 5.32 Å². The van der Waals surface area contributed by atoms with Crippen LogP contribution in [-0.2, 0) is 17.9 Å². The molecule has 0 bridgehead atoms. The van der Waals surface area contributed by atoms with Crippen molar-refractivity contribution in [3.8, 4) is 0 Å². The van der Waals surface area contributed by atoms with Gasteiger partial charge in [-0.15, -0.1) is 0 Å². The largest absolute Gasteiger partial charge is 0.392 e. The first-order valence-corrected chi connectivity index (χ1v) is 7.17. The van der Waals surface area contributed by atoms with Crippen LogP contribution in [0.5, 0.6) is 0 Å². The molecule has 1 saturated heterocycles. The van der Waals surface area contributed by atoms with Gasteiger partial charge in [0.2, 0.25) is 0 Å². The highest BCUT2D eigenvalue weighted by Crippen LogP contribution is 2.24. The number of nitrogens with zero attached hydrogens (tertiary/aromatic N) is 2. The molecule has 1 aliphatic rings. The quantitative estimate of drug-likeness (QED) is 0.880. The van der Waals surface area contributed by atoms with Crippen molar-refractivity contribution >= 4 is 5.82 Å². The van der Waals surface area contributed by atoms with Crippen molar-refractivity contribution in [2.24, 2.45) is 0 Å². The van der Waals surface area contributed by atoms with Gasteiger partial charge in [-0.05, 0) is 17.5 Å². The summed E-state index contributed by atoms with van der Waals surface area (Å²) in [5, 5.41) is 12.5. The van der Waals surface area contributed by atoms with Crippen LogP contribution in [0.4, 0.5) is 5.82 Å². The summed E-state index contributed by atoms with van der Waals surface area (Å²) in [5.41, 5.74) is 3.07. The van der Waals surface area contributed by atoms with Gasteiger partial charge in [-0.2, -0.15) is 0 Å². The monoisotopic (exact) mass is 285 g/mol.